The minimum Gasteiger partial charge on any atom is -0.504 e. The van der Waals surface area contributed by atoms with E-state index in [2.05, 4.69) is 14.6 Å². The molecule has 1 N–H and O–H groups in total. The molecule has 0 aliphatic carbocycles. The van der Waals surface area contributed by atoms with Gasteiger partial charge in [0, 0.05) is 13.1 Å². The topological polar surface area (TPSA) is 80.6 Å². The van der Waals surface area contributed by atoms with Crippen LogP contribution in [-0.4, -0.2) is 61.9 Å². The molecule has 0 radical (unpaired) electrons. The van der Waals surface area contributed by atoms with Gasteiger partial charge in [0.1, 0.15) is 11.4 Å². The van der Waals surface area contributed by atoms with E-state index in [1.807, 2.05) is 6.92 Å². The average molecular weight is 424 g/mol. The number of nitrogens with zero attached hydrogens (tertiary/aromatic N) is 2. The van der Waals surface area contributed by atoms with E-state index in [1.54, 1.807) is 12.1 Å². The van der Waals surface area contributed by atoms with Crippen LogP contribution in [0.25, 0.3) is 0 Å². The van der Waals surface area contributed by atoms with Crippen LogP contribution in [0.15, 0.2) is 35.0 Å². The molecule has 162 valence electrons. The van der Waals surface area contributed by atoms with Gasteiger partial charge in [-0.05, 0) is 36.8 Å². The highest BCUT2D eigenvalue weighted by Gasteiger charge is 2.54. The smallest absolute Gasteiger partial charge is 0.337 e. The Kier molecular flexibility index (Phi) is 3.34. The Hall–Kier alpha value is -2.38. The minimum atomic E-state index is -3.06. The first-order valence-electron chi connectivity index (χ1n) is 14.4. The molecular weight excluding hydrogens is 384 g/mol. The van der Waals surface area contributed by atoms with E-state index in [9.17, 15) is 9.90 Å². The molecule has 7 nitrogen and oxygen atoms in total. The van der Waals surface area contributed by atoms with E-state index in [-0.39, 0.29) is 35.6 Å². The number of carbonyl (C=O) groups excluding carboxylic acids is 1. The van der Waals surface area contributed by atoms with Crippen molar-refractivity contribution in [3.8, 4) is 5.75 Å². The third kappa shape index (κ3) is 3.11. The quantitative estimate of drug-likeness (QED) is 0.446. The lowest BCUT2D eigenvalue weighted by molar-refractivity contribution is -0.137. The molecular formula is C23H30N2O5. The maximum Gasteiger partial charge on any atom is 0.337 e. The predicted molar refractivity (Wildman–Crippen MR) is 113 cm³/mol. The molecule has 3 aliphatic rings. The molecule has 7 heteroatoms. The molecule has 2 fully saturated rings. The van der Waals surface area contributed by atoms with Crippen LogP contribution in [0.1, 0.15) is 44.1 Å². The van der Waals surface area contributed by atoms with E-state index in [1.165, 1.54) is 6.07 Å². The van der Waals surface area contributed by atoms with Gasteiger partial charge in [-0.3, -0.25) is 9.89 Å². The summed E-state index contributed by atoms with van der Waals surface area (Å²) in [6.45, 7) is 2.77. The molecule has 0 unspecified atom stereocenters. The van der Waals surface area contributed by atoms with E-state index >= 15 is 0 Å². The highest BCUT2D eigenvalue weighted by molar-refractivity contribution is 6.05. The molecule has 4 atom stereocenters. The summed E-state index contributed by atoms with van der Waals surface area (Å²) in [5.41, 5.74) is -0.877. The maximum atomic E-state index is 13.0. The second-order valence-electron chi connectivity index (χ2n) is 7.96. The largest absolute Gasteiger partial charge is 0.504 e. The number of benzene rings is 1. The van der Waals surface area contributed by atoms with Crippen molar-refractivity contribution < 1.29 is 36.4 Å². The molecule has 3 aliphatic heterocycles. The van der Waals surface area contributed by atoms with Gasteiger partial charge < -0.3 is 19.3 Å². The first-order valence-corrected chi connectivity index (χ1v) is 9.91. The summed E-state index contributed by atoms with van der Waals surface area (Å²) in [7, 11) is -8.68. The third-order valence-corrected chi connectivity index (χ3v) is 6.66. The fourth-order valence-electron chi connectivity index (χ4n) is 5.25. The number of esters is 1. The first kappa shape index (κ1) is 12.5. The van der Waals surface area contributed by atoms with Crippen molar-refractivity contribution in [2.75, 3.05) is 34.2 Å². The SMILES string of the molecule is [2H]C([2H])([2H])O/C=C(/C(=O)OC([2H])([2H])[2H])[C@H]1C[C@H]2C3=Nc4cccc(OC([2H])([2H])[2H])c4[C@@]3(O)CCN2C[C@H]1CC. The molecule has 0 saturated carbocycles. The lowest BCUT2D eigenvalue weighted by atomic mass is 9.70. The summed E-state index contributed by atoms with van der Waals surface area (Å²) >= 11 is 0. The normalized spacial score (nSPS) is 36.3. The van der Waals surface area contributed by atoms with Gasteiger partial charge >= 0.3 is 5.97 Å². The summed E-state index contributed by atoms with van der Waals surface area (Å²) < 4.78 is 81.3. The third-order valence-electron chi connectivity index (χ3n) is 6.66. The Bertz CT molecular complexity index is 1180. The fourth-order valence-corrected chi connectivity index (χ4v) is 5.25. The fraction of sp³-hybridized carbons (Fsp3) is 0.565. The van der Waals surface area contributed by atoms with Crippen LogP contribution in [0, 0.1) is 11.8 Å². The van der Waals surface area contributed by atoms with E-state index in [0.29, 0.717) is 30.9 Å². The number of aliphatic imine (C=N–C) groups is 1. The summed E-state index contributed by atoms with van der Waals surface area (Å²) in [4.78, 5) is 19.7. The van der Waals surface area contributed by atoms with Gasteiger partial charge in [-0.25, -0.2) is 4.79 Å². The minimum absolute atomic E-state index is 0.00564. The van der Waals surface area contributed by atoms with Crippen molar-refractivity contribution in [2.45, 2.75) is 37.8 Å². The Morgan fingerprint density at radius 1 is 1.43 bits per heavy atom. The lowest BCUT2D eigenvalue weighted by Crippen LogP contribution is -2.60. The summed E-state index contributed by atoms with van der Waals surface area (Å²) in [6, 6.07) is 4.16. The molecule has 30 heavy (non-hydrogen) atoms. The van der Waals surface area contributed by atoms with Crippen LogP contribution < -0.4 is 4.74 Å². The predicted octanol–water partition coefficient (Wildman–Crippen LogP) is 2.79. The Morgan fingerprint density at radius 2 is 2.33 bits per heavy atom. The zero-order valence-corrected chi connectivity index (χ0v) is 16.6. The standard InChI is InChI=1S/C23H30N2O5/c1-5-14-12-25-10-9-23(27)20-17(7-6-8-19(20)29-3)24-21(23)18(25)11-15(14)16(13-28-2)22(26)30-4/h6-8,13-15,18,27H,5,9-12H2,1-4H3/b16-13+/t14-,15+,18+,23+/m1/s1/i2D3,3D3,4D3. The number of hydrogen-bond acceptors (Lipinski definition) is 7. The van der Waals surface area contributed by atoms with Gasteiger partial charge in [0.2, 0.25) is 0 Å². The van der Waals surface area contributed by atoms with Crippen molar-refractivity contribution in [1.82, 2.24) is 4.90 Å². The second kappa shape index (κ2) is 8.04. The second-order valence-corrected chi connectivity index (χ2v) is 7.96. The van der Waals surface area contributed by atoms with Gasteiger partial charge in [0.15, 0.2) is 0 Å². The van der Waals surface area contributed by atoms with Crippen LogP contribution in [0.5, 0.6) is 5.75 Å². The van der Waals surface area contributed by atoms with Crippen molar-refractivity contribution >= 4 is 17.4 Å². The van der Waals surface area contributed by atoms with E-state index in [4.69, 9.17) is 21.8 Å². The van der Waals surface area contributed by atoms with Crippen molar-refractivity contribution in [2.24, 2.45) is 16.8 Å². The molecule has 2 saturated heterocycles. The van der Waals surface area contributed by atoms with Crippen molar-refractivity contribution in [3.05, 3.63) is 35.6 Å². The number of aliphatic hydroxyl groups is 1. The maximum absolute atomic E-state index is 13.0. The van der Waals surface area contributed by atoms with Gasteiger partial charge in [-0.15, -0.1) is 0 Å². The number of carbonyl (C=O) groups is 1. The van der Waals surface area contributed by atoms with Crippen molar-refractivity contribution in [1.29, 1.82) is 0 Å². The number of ether oxygens (including phenoxy) is 3. The monoisotopic (exact) mass is 423 g/mol. The summed E-state index contributed by atoms with van der Waals surface area (Å²) in [5, 5.41) is 11.9. The molecule has 0 bridgehead atoms. The van der Waals surface area contributed by atoms with Crippen LogP contribution in [-0.2, 0) is 19.9 Å². The van der Waals surface area contributed by atoms with Crippen LogP contribution >= 0.6 is 0 Å². The van der Waals surface area contributed by atoms with E-state index in [0.717, 1.165) is 6.26 Å². The van der Waals surface area contributed by atoms with Gasteiger partial charge in [-0.2, -0.15) is 0 Å². The zero-order valence-electron chi connectivity index (χ0n) is 25.6. The molecule has 1 aromatic rings. The molecule has 3 heterocycles. The molecule has 0 amide bonds. The first-order chi connectivity index (χ1) is 17.9. The zero-order chi connectivity index (χ0) is 29.0. The summed E-state index contributed by atoms with van der Waals surface area (Å²) in [5.74, 6) is -2.09. The van der Waals surface area contributed by atoms with Crippen molar-refractivity contribution in [3.63, 3.8) is 0 Å². The van der Waals surface area contributed by atoms with Gasteiger partial charge in [0.05, 0.1) is 68.3 Å². The Labute approximate surface area is 190 Å². The van der Waals surface area contributed by atoms with E-state index < -0.39 is 44.6 Å². The number of rotatable bonds is 5. The molecule has 1 aromatic carbocycles. The van der Waals surface area contributed by atoms with Crippen LogP contribution in [0.2, 0.25) is 0 Å². The van der Waals surface area contributed by atoms with Gasteiger partial charge in [-0.1, -0.05) is 19.4 Å². The number of fused-ring (bicyclic) bond motifs is 5. The summed E-state index contributed by atoms with van der Waals surface area (Å²) in [6.07, 6.45) is 1.74. The highest BCUT2D eigenvalue weighted by Crippen LogP contribution is 2.51. The van der Waals surface area contributed by atoms with Crippen LogP contribution in [0.4, 0.5) is 5.69 Å². The van der Waals surface area contributed by atoms with Crippen LogP contribution in [0.3, 0.4) is 0 Å². The number of piperidine rings is 2. The lowest BCUT2D eigenvalue weighted by Gasteiger charge is -2.50. The Balaban J connectivity index is 1.72. The number of methoxy groups -OCH3 is 3. The number of hydrogen-bond donors (Lipinski definition) is 1. The molecule has 0 aromatic heterocycles. The average Bonchev–Trinajstić information content (AvgIpc) is 3.09. The van der Waals surface area contributed by atoms with Gasteiger partial charge in [0.25, 0.3) is 0 Å². The Morgan fingerprint density at radius 3 is 3.10 bits per heavy atom. The molecule has 0 spiro atoms. The molecule has 4 rings (SSSR count). The highest BCUT2D eigenvalue weighted by atomic mass is 16.5.